The van der Waals surface area contributed by atoms with Crippen molar-refractivity contribution in [1.29, 1.82) is 0 Å². The first-order valence-electron chi connectivity index (χ1n) is 7.70. The molecule has 0 aliphatic rings. The van der Waals surface area contributed by atoms with Gasteiger partial charge in [-0.3, -0.25) is 0 Å². The minimum absolute atomic E-state index is 0.100. The van der Waals surface area contributed by atoms with Gasteiger partial charge in [-0.15, -0.1) is 0 Å². The lowest BCUT2D eigenvalue weighted by atomic mass is 10.1. The maximum absolute atomic E-state index is 11.4. The normalized spacial score (nSPS) is 11.5. The van der Waals surface area contributed by atoms with Crippen molar-refractivity contribution in [2.75, 3.05) is 13.1 Å². The highest BCUT2D eigenvalue weighted by Gasteiger charge is 2.15. The summed E-state index contributed by atoms with van der Waals surface area (Å²) < 4.78 is 5.15. The third-order valence-electron chi connectivity index (χ3n) is 2.32. The topological polar surface area (TPSA) is 63.0 Å². The number of ether oxygens (including phenoxy) is 1. The standard InChI is InChI=1S/C16H31N3O2/c1-15(2,3)19-13-17-11-9-7-8-10-12-18-14(20)21-16(4,5)6/h7-12H2,1-6H3,(H,18,20). The molecule has 1 amide bonds. The van der Waals surface area contributed by atoms with Gasteiger partial charge in [-0.05, 0) is 54.4 Å². The number of hydrogen-bond acceptors (Lipinski definition) is 4. The largest absolute Gasteiger partial charge is 0.444 e. The van der Waals surface area contributed by atoms with E-state index in [9.17, 15) is 4.79 Å². The summed E-state index contributed by atoms with van der Waals surface area (Å²) in [7, 11) is 0. The monoisotopic (exact) mass is 297 g/mol. The molecular weight excluding hydrogens is 266 g/mol. The van der Waals surface area contributed by atoms with Gasteiger partial charge in [0.2, 0.25) is 0 Å². The molecule has 0 aliphatic heterocycles. The number of aliphatic imine (C=N–C) groups is 2. The van der Waals surface area contributed by atoms with Gasteiger partial charge in [0.25, 0.3) is 0 Å². The molecule has 0 aliphatic carbocycles. The Morgan fingerprint density at radius 3 is 2.24 bits per heavy atom. The minimum atomic E-state index is -0.434. The summed E-state index contributed by atoms with van der Waals surface area (Å²) in [6, 6.07) is 2.74. The fraction of sp³-hybridized carbons (Fsp3) is 0.875. The lowest BCUT2D eigenvalue weighted by Gasteiger charge is -2.19. The predicted molar refractivity (Wildman–Crippen MR) is 87.2 cm³/mol. The van der Waals surface area contributed by atoms with Crippen LogP contribution in [0.4, 0.5) is 4.79 Å². The number of nitrogens with one attached hydrogen (secondary N) is 1. The molecule has 21 heavy (non-hydrogen) atoms. The van der Waals surface area contributed by atoms with Crippen LogP contribution in [0.3, 0.4) is 0 Å². The summed E-state index contributed by atoms with van der Waals surface area (Å²) in [6.45, 7) is 13.1. The third kappa shape index (κ3) is 16.6. The van der Waals surface area contributed by atoms with Crippen LogP contribution in [0.5, 0.6) is 0 Å². The molecular formula is C16H31N3O2. The van der Waals surface area contributed by atoms with E-state index in [0.717, 1.165) is 32.2 Å². The van der Waals surface area contributed by atoms with Crippen LogP contribution in [-0.2, 0) is 4.74 Å². The molecule has 0 aromatic heterocycles. The van der Waals surface area contributed by atoms with E-state index in [1.54, 1.807) is 0 Å². The molecule has 0 aromatic rings. The van der Waals surface area contributed by atoms with E-state index in [1.807, 2.05) is 41.5 Å². The Bertz CT molecular complexity index is 353. The average molecular weight is 297 g/mol. The van der Waals surface area contributed by atoms with E-state index in [1.165, 1.54) is 0 Å². The molecule has 0 radical (unpaired) electrons. The van der Waals surface area contributed by atoms with E-state index >= 15 is 0 Å². The zero-order chi connectivity index (χ0) is 16.4. The number of unbranched alkanes of at least 4 members (excludes halogenated alkanes) is 3. The molecule has 0 saturated carbocycles. The molecule has 5 heteroatoms. The number of nitrogens with zero attached hydrogens (tertiary/aromatic N) is 2. The fourth-order valence-electron chi connectivity index (χ4n) is 1.41. The molecule has 0 rings (SSSR count). The van der Waals surface area contributed by atoms with Gasteiger partial charge < -0.3 is 10.1 Å². The maximum atomic E-state index is 11.4. The van der Waals surface area contributed by atoms with Crippen LogP contribution in [0.1, 0.15) is 67.2 Å². The second kappa shape index (κ2) is 9.56. The SMILES string of the molecule is CC(C)(C)N=C=NCCCCCCNC(=O)OC(C)(C)C. The quantitative estimate of drug-likeness (QED) is 0.569. The van der Waals surface area contributed by atoms with Gasteiger partial charge in [0.15, 0.2) is 0 Å². The average Bonchev–Trinajstić information content (AvgIpc) is 2.27. The Balaban J connectivity index is 3.50. The van der Waals surface area contributed by atoms with Crippen molar-refractivity contribution >= 4 is 12.1 Å². The van der Waals surface area contributed by atoms with E-state index in [2.05, 4.69) is 21.3 Å². The van der Waals surface area contributed by atoms with Gasteiger partial charge >= 0.3 is 6.09 Å². The molecule has 1 N–H and O–H groups in total. The highest BCUT2D eigenvalue weighted by Crippen LogP contribution is 2.06. The number of amides is 1. The molecule has 0 unspecified atom stereocenters. The zero-order valence-corrected chi connectivity index (χ0v) is 14.5. The van der Waals surface area contributed by atoms with Crippen LogP contribution in [-0.4, -0.2) is 36.3 Å². The first-order valence-corrected chi connectivity index (χ1v) is 7.70. The van der Waals surface area contributed by atoms with Crippen LogP contribution in [0.2, 0.25) is 0 Å². The molecule has 0 atom stereocenters. The Morgan fingerprint density at radius 1 is 1.05 bits per heavy atom. The Morgan fingerprint density at radius 2 is 1.67 bits per heavy atom. The van der Waals surface area contributed by atoms with Crippen LogP contribution in [0, 0.1) is 0 Å². The number of rotatable bonds is 7. The molecule has 0 saturated heterocycles. The second-order valence-electron chi connectivity index (χ2n) is 7.11. The number of alkyl carbamates (subject to hydrolysis) is 1. The van der Waals surface area contributed by atoms with Gasteiger partial charge in [0.1, 0.15) is 5.60 Å². The molecule has 0 fully saturated rings. The van der Waals surface area contributed by atoms with Crippen molar-refractivity contribution in [1.82, 2.24) is 5.32 Å². The lowest BCUT2D eigenvalue weighted by molar-refractivity contribution is 0.0527. The third-order valence-corrected chi connectivity index (χ3v) is 2.32. The van der Waals surface area contributed by atoms with Gasteiger partial charge in [0.05, 0.1) is 11.5 Å². The molecule has 0 aromatic carbocycles. The van der Waals surface area contributed by atoms with Crippen LogP contribution < -0.4 is 5.32 Å². The fourth-order valence-corrected chi connectivity index (χ4v) is 1.41. The summed E-state index contributed by atoms with van der Waals surface area (Å²) in [5.74, 6) is 0. The molecule has 0 spiro atoms. The Kier molecular flexibility index (Phi) is 8.95. The van der Waals surface area contributed by atoms with Crippen molar-refractivity contribution in [3.63, 3.8) is 0 Å². The van der Waals surface area contributed by atoms with Crippen molar-refractivity contribution in [2.45, 2.75) is 78.4 Å². The number of carbonyl (C=O) groups is 1. The van der Waals surface area contributed by atoms with E-state index in [0.29, 0.717) is 6.54 Å². The van der Waals surface area contributed by atoms with Crippen LogP contribution in [0.25, 0.3) is 0 Å². The van der Waals surface area contributed by atoms with Crippen molar-refractivity contribution < 1.29 is 9.53 Å². The Labute approximate surface area is 129 Å². The predicted octanol–water partition coefficient (Wildman–Crippen LogP) is 4.04. The Hall–Kier alpha value is -1.35. The van der Waals surface area contributed by atoms with Crippen molar-refractivity contribution in [3.05, 3.63) is 0 Å². The highest BCUT2D eigenvalue weighted by atomic mass is 16.6. The summed E-state index contributed by atoms with van der Waals surface area (Å²) in [6.07, 6.45) is 3.81. The number of hydrogen-bond donors (Lipinski definition) is 1. The van der Waals surface area contributed by atoms with E-state index in [4.69, 9.17) is 4.74 Å². The zero-order valence-electron chi connectivity index (χ0n) is 14.5. The minimum Gasteiger partial charge on any atom is -0.444 e. The van der Waals surface area contributed by atoms with Crippen molar-refractivity contribution in [3.8, 4) is 0 Å². The lowest BCUT2D eigenvalue weighted by Crippen LogP contribution is -2.32. The van der Waals surface area contributed by atoms with Gasteiger partial charge in [-0.1, -0.05) is 12.8 Å². The van der Waals surface area contributed by atoms with Gasteiger partial charge in [-0.25, -0.2) is 14.8 Å². The summed E-state index contributed by atoms with van der Waals surface area (Å²) in [4.78, 5) is 19.7. The molecule has 0 bridgehead atoms. The van der Waals surface area contributed by atoms with Crippen LogP contribution in [0.15, 0.2) is 9.98 Å². The first kappa shape index (κ1) is 19.7. The van der Waals surface area contributed by atoms with Crippen molar-refractivity contribution in [2.24, 2.45) is 9.98 Å². The van der Waals surface area contributed by atoms with E-state index < -0.39 is 5.60 Å². The maximum Gasteiger partial charge on any atom is 0.407 e. The molecule has 122 valence electrons. The van der Waals surface area contributed by atoms with Gasteiger partial charge in [0, 0.05) is 13.1 Å². The molecule has 5 nitrogen and oxygen atoms in total. The first-order chi connectivity index (χ1) is 9.60. The molecule has 0 heterocycles. The summed E-state index contributed by atoms with van der Waals surface area (Å²) >= 11 is 0. The van der Waals surface area contributed by atoms with E-state index in [-0.39, 0.29) is 11.6 Å². The number of carbonyl (C=O) groups excluding carboxylic acids is 1. The smallest absolute Gasteiger partial charge is 0.407 e. The van der Waals surface area contributed by atoms with Crippen LogP contribution >= 0.6 is 0 Å². The summed E-state index contributed by atoms with van der Waals surface area (Å²) in [5, 5.41) is 2.76. The van der Waals surface area contributed by atoms with Gasteiger partial charge in [-0.2, -0.15) is 0 Å². The summed E-state index contributed by atoms with van der Waals surface area (Å²) in [5.41, 5.74) is -0.534. The second-order valence-corrected chi connectivity index (χ2v) is 7.11. The highest BCUT2D eigenvalue weighted by molar-refractivity contribution is 5.67.